The van der Waals surface area contributed by atoms with Crippen LogP contribution >= 0.6 is 0 Å². The maximum absolute atomic E-state index is 12.4. The van der Waals surface area contributed by atoms with Gasteiger partial charge in [-0.1, -0.05) is 19.0 Å². The van der Waals surface area contributed by atoms with Crippen molar-refractivity contribution in [3.05, 3.63) is 30.1 Å². The molecular weight excluding hydrogens is 320 g/mol. The molecule has 1 aliphatic rings. The highest BCUT2D eigenvalue weighted by Crippen LogP contribution is 2.22. The predicted molar refractivity (Wildman–Crippen MR) is 94.4 cm³/mol. The third-order valence-electron chi connectivity index (χ3n) is 4.05. The number of carbonyl (C=O) groups is 1. The SMILES string of the molecule is CC(C)c1noc(-c2ccc(NC(=O)N3C[C@@H](C)O[C@@H](C)C3)cc2)n1. The highest BCUT2D eigenvalue weighted by Gasteiger charge is 2.25. The lowest BCUT2D eigenvalue weighted by Crippen LogP contribution is -2.49. The van der Waals surface area contributed by atoms with Crippen LogP contribution in [0.15, 0.2) is 28.8 Å². The van der Waals surface area contributed by atoms with Gasteiger partial charge in [0.15, 0.2) is 5.82 Å². The van der Waals surface area contributed by atoms with Gasteiger partial charge in [0.1, 0.15) is 0 Å². The minimum Gasteiger partial charge on any atom is -0.372 e. The zero-order valence-electron chi connectivity index (χ0n) is 15.0. The normalized spacial score (nSPS) is 20.8. The van der Waals surface area contributed by atoms with E-state index in [1.807, 2.05) is 52.0 Å². The van der Waals surface area contributed by atoms with Crippen molar-refractivity contribution in [2.45, 2.75) is 45.8 Å². The zero-order chi connectivity index (χ0) is 18.0. The van der Waals surface area contributed by atoms with Gasteiger partial charge in [-0.25, -0.2) is 4.79 Å². The minimum absolute atomic E-state index is 0.0459. The first-order valence-corrected chi connectivity index (χ1v) is 8.58. The molecule has 3 rings (SSSR count). The standard InChI is InChI=1S/C18H24N4O3/c1-11(2)16-20-17(25-21-16)14-5-7-15(8-6-14)19-18(23)22-9-12(3)24-13(4)10-22/h5-8,11-13H,9-10H2,1-4H3,(H,19,23)/t12-,13+. The Bertz CT molecular complexity index is 716. The van der Waals surface area contributed by atoms with Gasteiger partial charge in [-0.2, -0.15) is 4.98 Å². The number of carbonyl (C=O) groups excluding carboxylic acids is 1. The molecule has 0 saturated carbocycles. The topological polar surface area (TPSA) is 80.5 Å². The molecule has 25 heavy (non-hydrogen) atoms. The number of anilines is 1. The Kier molecular flexibility index (Phi) is 5.03. The second-order valence-electron chi connectivity index (χ2n) is 6.78. The lowest BCUT2D eigenvalue weighted by molar-refractivity contribution is -0.0530. The van der Waals surface area contributed by atoms with Crippen molar-refractivity contribution < 1.29 is 14.1 Å². The average molecular weight is 344 g/mol. The van der Waals surface area contributed by atoms with E-state index in [0.717, 1.165) is 11.3 Å². The van der Waals surface area contributed by atoms with E-state index in [1.165, 1.54) is 0 Å². The number of amides is 2. The maximum atomic E-state index is 12.4. The van der Waals surface area contributed by atoms with Crippen molar-refractivity contribution in [3.63, 3.8) is 0 Å². The number of nitrogens with one attached hydrogen (secondary N) is 1. The number of morpholine rings is 1. The van der Waals surface area contributed by atoms with Gasteiger partial charge in [-0.15, -0.1) is 0 Å². The lowest BCUT2D eigenvalue weighted by atomic mass is 10.2. The molecule has 2 atom stereocenters. The van der Waals surface area contributed by atoms with Gasteiger partial charge >= 0.3 is 6.03 Å². The van der Waals surface area contributed by atoms with Gasteiger partial charge in [0, 0.05) is 30.3 Å². The second kappa shape index (κ2) is 7.23. The number of ether oxygens (including phenoxy) is 1. The average Bonchev–Trinajstić information content (AvgIpc) is 3.05. The first kappa shape index (κ1) is 17.4. The molecule has 0 unspecified atom stereocenters. The molecule has 7 nitrogen and oxygen atoms in total. The van der Waals surface area contributed by atoms with Crippen LogP contribution in [0.25, 0.3) is 11.5 Å². The highest BCUT2D eigenvalue weighted by atomic mass is 16.5. The summed E-state index contributed by atoms with van der Waals surface area (Å²) in [5, 5.41) is 6.88. The summed E-state index contributed by atoms with van der Waals surface area (Å²) in [6.07, 6.45) is 0.0918. The molecule has 0 aliphatic carbocycles. The maximum Gasteiger partial charge on any atom is 0.322 e. The van der Waals surface area contributed by atoms with Crippen LogP contribution in [0.5, 0.6) is 0 Å². The van der Waals surface area contributed by atoms with Gasteiger partial charge in [0.2, 0.25) is 0 Å². The Labute approximate surface area is 147 Å². The third-order valence-corrected chi connectivity index (χ3v) is 4.05. The van der Waals surface area contributed by atoms with Crippen LogP contribution in [0.2, 0.25) is 0 Å². The predicted octanol–water partition coefficient (Wildman–Crippen LogP) is 3.50. The molecule has 1 aromatic heterocycles. The van der Waals surface area contributed by atoms with E-state index in [9.17, 15) is 4.79 Å². The largest absolute Gasteiger partial charge is 0.372 e. The van der Waals surface area contributed by atoms with Crippen LogP contribution < -0.4 is 5.32 Å². The number of aromatic nitrogens is 2. The Hall–Kier alpha value is -2.41. The van der Waals surface area contributed by atoms with Crippen LogP contribution in [-0.2, 0) is 4.74 Å². The summed E-state index contributed by atoms with van der Waals surface area (Å²) in [5.41, 5.74) is 1.55. The summed E-state index contributed by atoms with van der Waals surface area (Å²) in [6.45, 7) is 9.16. The van der Waals surface area contributed by atoms with Crippen molar-refractivity contribution in [2.24, 2.45) is 0 Å². The molecule has 1 fully saturated rings. The number of hydrogen-bond acceptors (Lipinski definition) is 5. The number of hydrogen-bond donors (Lipinski definition) is 1. The molecule has 134 valence electrons. The fourth-order valence-electron chi connectivity index (χ4n) is 2.83. The van der Waals surface area contributed by atoms with Gasteiger partial charge in [-0.05, 0) is 38.1 Å². The van der Waals surface area contributed by atoms with Crippen LogP contribution in [0.3, 0.4) is 0 Å². The Morgan fingerprint density at radius 2 is 1.84 bits per heavy atom. The van der Waals surface area contributed by atoms with Crippen molar-refractivity contribution in [1.29, 1.82) is 0 Å². The number of nitrogens with zero attached hydrogens (tertiary/aromatic N) is 3. The first-order valence-electron chi connectivity index (χ1n) is 8.58. The molecule has 2 aromatic rings. The highest BCUT2D eigenvalue weighted by molar-refractivity contribution is 5.89. The van der Waals surface area contributed by atoms with Gasteiger partial charge < -0.3 is 19.5 Å². The van der Waals surface area contributed by atoms with Crippen molar-refractivity contribution in [3.8, 4) is 11.5 Å². The summed E-state index contributed by atoms with van der Waals surface area (Å²) in [7, 11) is 0. The fourth-order valence-corrected chi connectivity index (χ4v) is 2.83. The smallest absolute Gasteiger partial charge is 0.322 e. The van der Waals surface area contributed by atoms with Crippen LogP contribution in [-0.4, -0.2) is 46.4 Å². The van der Waals surface area contributed by atoms with E-state index in [4.69, 9.17) is 9.26 Å². The summed E-state index contributed by atoms with van der Waals surface area (Å²) in [6, 6.07) is 7.27. The second-order valence-corrected chi connectivity index (χ2v) is 6.78. The van der Waals surface area contributed by atoms with E-state index in [1.54, 1.807) is 4.90 Å². The minimum atomic E-state index is -0.116. The fraction of sp³-hybridized carbons (Fsp3) is 0.500. The molecule has 1 aromatic carbocycles. The van der Waals surface area contributed by atoms with Crippen LogP contribution in [0, 0.1) is 0 Å². The van der Waals surface area contributed by atoms with Gasteiger partial charge in [-0.3, -0.25) is 0 Å². The molecule has 1 saturated heterocycles. The van der Waals surface area contributed by atoms with Gasteiger partial charge in [0.25, 0.3) is 5.89 Å². The summed E-state index contributed by atoms with van der Waals surface area (Å²) < 4.78 is 10.9. The lowest BCUT2D eigenvalue weighted by Gasteiger charge is -2.35. The summed E-state index contributed by atoms with van der Waals surface area (Å²) in [4.78, 5) is 18.6. The summed E-state index contributed by atoms with van der Waals surface area (Å²) >= 11 is 0. The van der Waals surface area contributed by atoms with E-state index >= 15 is 0 Å². The number of rotatable bonds is 3. The van der Waals surface area contributed by atoms with Crippen molar-refractivity contribution in [1.82, 2.24) is 15.0 Å². The number of urea groups is 1. The van der Waals surface area contributed by atoms with Crippen molar-refractivity contribution >= 4 is 11.7 Å². The molecule has 2 heterocycles. The molecule has 0 spiro atoms. The van der Waals surface area contributed by atoms with E-state index in [0.29, 0.717) is 24.8 Å². The van der Waals surface area contributed by atoms with Crippen LogP contribution in [0.4, 0.5) is 10.5 Å². The quantitative estimate of drug-likeness (QED) is 0.922. The molecular formula is C18H24N4O3. The Morgan fingerprint density at radius 1 is 1.20 bits per heavy atom. The molecule has 1 aliphatic heterocycles. The molecule has 0 bridgehead atoms. The van der Waals surface area contributed by atoms with Gasteiger partial charge in [0.05, 0.1) is 12.2 Å². The van der Waals surface area contributed by atoms with Crippen molar-refractivity contribution in [2.75, 3.05) is 18.4 Å². The van der Waals surface area contributed by atoms with E-state index in [2.05, 4.69) is 15.5 Å². The van der Waals surface area contributed by atoms with E-state index in [-0.39, 0.29) is 24.2 Å². The van der Waals surface area contributed by atoms with E-state index < -0.39 is 0 Å². The monoisotopic (exact) mass is 344 g/mol. The van der Waals surface area contributed by atoms with Crippen LogP contribution in [0.1, 0.15) is 39.4 Å². The number of benzene rings is 1. The molecule has 7 heteroatoms. The molecule has 1 N–H and O–H groups in total. The Balaban J connectivity index is 1.65. The zero-order valence-corrected chi connectivity index (χ0v) is 15.0. The first-order chi connectivity index (χ1) is 11.9. The molecule has 2 amide bonds. The third kappa shape index (κ3) is 4.17. The Morgan fingerprint density at radius 3 is 2.40 bits per heavy atom. The summed E-state index contributed by atoms with van der Waals surface area (Å²) in [5.74, 6) is 1.38. The molecule has 0 radical (unpaired) electrons.